The molecule has 10 N–H and O–H groups in total. The zero-order valence-electron chi connectivity index (χ0n) is 25.2. The van der Waals surface area contributed by atoms with E-state index in [2.05, 4.69) is 10.6 Å². The van der Waals surface area contributed by atoms with Crippen LogP contribution in [0.3, 0.4) is 0 Å². The molecule has 0 radical (unpaired) electrons. The van der Waals surface area contributed by atoms with E-state index in [0.717, 1.165) is 5.56 Å². The quantitative estimate of drug-likeness (QED) is 0.107. The summed E-state index contributed by atoms with van der Waals surface area (Å²) in [7, 11) is 1.56. The molecular weight excluding hydrogens is 556 g/mol. The van der Waals surface area contributed by atoms with Gasteiger partial charge in [-0.1, -0.05) is 12.1 Å². The summed E-state index contributed by atoms with van der Waals surface area (Å²) >= 11 is 0. The van der Waals surface area contributed by atoms with Gasteiger partial charge in [0.05, 0.1) is 18.2 Å². The van der Waals surface area contributed by atoms with Gasteiger partial charge in [0, 0.05) is 20.1 Å². The minimum atomic E-state index is -1.10. The minimum absolute atomic E-state index is 0.0106. The number of unbranched alkanes of at least 4 members (excludes halogenated alkanes) is 2. The molecule has 0 aromatic heterocycles. The molecule has 1 heterocycles. The summed E-state index contributed by atoms with van der Waals surface area (Å²) in [6.07, 6.45) is 4.80. The lowest BCUT2D eigenvalue weighted by atomic mass is 9.93. The highest BCUT2D eigenvalue weighted by Crippen LogP contribution is 2.25. The predicted octanol–water partition coefficient (Wildman–Crippen LogP) is 0.360. The normalized spacial score (nSPS) is 18.8. The van der Waals surface area contributed by atoms with Gasteiger partial charge in [-0.05, 0) is 95.0 Å². The molecular formula is C30H50N6O7. The number of amides is 3. The van der Waals surface area contributed by atoms with Crippen LogP contribution in [0.5, 0.6) is 5.75 Å². The Morgan fingerprint density at radius 3 is 2.21 bits per heavy atom. The van der Waals surface area contributed by atoms with Gasteiger partial charge in [-0.15, -0.1) is 0 Å². The summed E-state index contributed by atoms with van der Waals surface area (Å²) in [4.78, 5) is 53.1. The highest BCUT2D eigenvalue weighted by Gasteiger charge is 2.38. The second kappa shape index (κ2) is 19.1. The molecule has 3 amide bonds. The van der Waals surface area contributed by atoms with E-state index in [1.54, 1.807) is 24.1 Å². The monoisotopic (exact) mass is 606 g/mol. The number of carboxylic acid groups (broad SMARTS) is 1. The third-order valence-electron chi connectivity index (χ3n) is 7.84. The lowest BCUT2D eigenvalue weighted by Gasteiger charge is -2.42. The van der Waals surface area contributed by atoms with Crippen LogP contribution in [0.4, 0.5) is 0 Å². The van der Waals surface area contributed by atoms with Crippen molar-refractivity contribution in [3.05, 3.63) is 29.8 Å². The van der Waals surface area contributed by atoms with Gasteiger partial charge in [-0.2, -0.15) is 0 Å². The molecule has 1 fully saturated rings. The van der Waals surface area contributed by atoms with Crippen LogP contribution >= 0.6 is 0 Å². The van der Waals surface area contributed by atoms with Gasteiger partial charge in [0.2, 0.25) is 17.7 Å². The van der Waals surface area contributed by atoms with Crippen LogP contribution in [0, 0.1) is 0 Å². The number of benzene rings is 1. The Morgan fingerprint density at radius 1 is 1.00 bits per heavy atom. The number of carbonyl (C=O) groups excluding carboxylic acids is 3. The van der Waals surface area contributed by atoms with E-state index in [0.29, 0.717) is 64.6 Å². The fourth-order valence-corrected chi connectivity index (χ4v) is 5.42. The Hall–Kier alpha value is -3.26. The Kier molecular flexibility index (Phi) is 16.0. The van der Waals surface area contributed by atoms with Crippen LogP contribution in [-0.4, -0.2) is 95.8 Å². The molecule has 242 valence electrons. The highest BCUT2D eigenvalue weighted by atomic mass is 16.5. The molecule has 0 unspecified atom stereocenters. The van der Waals surface area contributed by atoms with Crippen molar-refractivity contribution in [2.24, 2.45) is 17.2 Å². The van der Waals surface area contributed by atoms with Crippen LogP contribution < -0.4 is 27.8 Å². The van der Waals surface area contributed by atoms with Crippen LogP contribution in [0.1, 0.15) is 69.8 Å². The van der Waals surface area contributed by atoms with Crippen molar-refractivity contribution >= 4 is 23.7 Å². The largest absolute Gasteiger partial charge is 0.508 e. The third kappa shape index (κ3) is 12.1. The number of hydrogen-bond donors (Lipinski definition) is 7. The maximum absolute atomic E-state index is 13.9. The van der Waals surface area contributed by atoms with Crippen molar-refractivity contribution < 1.29 is 34.1 Å². The molecule has 2 rings (SSSR count). The molecule has 43 heavy (non-hydrogen) atoms. The molecule has 0 bridgehead atoms. The summed E-state index contributed by atoms with van der Waals surface area (Å²) in [6.45, 7) is 1.33. The Morgan fingerprint density at radius 2 is 1.63 bits per heavy atom. The first-order valence-corrected chi connectivity index (χ1v) is 15.2. The number of carboxylic acids is 1. The zero-order chi connectivity index (χ0) is 31.8. The first-order valence-electron chi connectivity index (χ1n) is 15.2. The number of hydrogen-bond acceptors (Lipinski definition) is 9. The highest BCUT2D eigenvalue weighted by molar-refractivity contribution is 5.90. The summed E-state index contributed by atoms with van der Waals surface area (Å²) in [5, 5.41) is 24.5. The van der Waals surface area contributed by atoms with Gasteiger partial charge < -0.3 is 47.7 Å². The molecule has 13 heteroatoms. The maximum Gasteiger partial charge on any atom is 0.326 e. The van der Waals surface area contributed by atoms with Crippen molar-refractivity contribution in [2.45, 2.75) is 101 Å². The van der Waals surface area contributed by atoms with Gasteiger partial charge in [0.15, 0.2) is 0 Å². The molecule has 1 aromatic carbocycles. The van der Waals surface area contributed by atoms with Crippen LogP contribution in [0.2, 0.25) is 0 Å². The fraction of sp³-hybridized carbons (Fsp3) is 0.667. The predicted molar refractivity (Wildman–Crippen MR) is 162 cm³/mol. The van der Waals surface area contributed by atoms with E-state index >= 15 is 0 Å². The molecule has 0 aliphatic carbocycles. The molecule has 1 saturated heterocycles. The van der Waals surface area contributed by atoms with Crippen molar-refractivity contribution in [1.29, 1.82) is 0 Å². The van der Waals surface area contributed by atoms with Gasteiger partial charge in [-0.3, -0.25) is 14.4 Å². The van der Waals surface area contributed by atoms with E-state index < -0.39 is 42.0 Å². The van der Waals surface area contributed by atoms with E-state index in [-0.39, 0.29) is 43.4 Å². The fourth-order valence-electron chi connectivity index (χ4n) is 5.42. The van der Waals surface area contributed by atoms with Gasteiger partial charge >= 0.3 is 5.97 Å². The number of piperidine rings is 1. The number of phenolic OH excluding ortho intramolecular Hbond substituents is 1. The second-order valence-corrected chi connectivity index (χ2v) is 11.1. The SMILES string of the molecule is CO[C@@H]1CCCN(C(=O)[C@H](CCCCN)NC(=O)[C@@H](N)Cc2ccc(O)cc2)[C@@H]1CCC(=O)N[C@@H](CCCCN)C(=O)O. The average molecular weight is 607 g/mol. The van der Waals surface area contributed by atoms with E-state index in [4.69, 9.17) is 21.9 Å². The van der Waals surface area contributed by atoms with Crippen LogP contribution in [0.15, 0.2) is 24.3 Å². The molecule has 1 aromatic rings. The number of phenols is 1. The van der Waals surface area contributed by atoms with Crippen LogP contribution in [-0.2, 0) is 30.3 Å². The molecule has 5 atom stereocenters. The number of nitrogens with one attached hydrogen (secondary N) is 2. The lowest BCUT2D eigenvalue weighted by molar-refractivity contribution is -0.145. The first-order chi connectivity index (χ1) is 20.6. The number of ether oxygens (including phenoxy) is 1. The summed E-state index contributed by atoms with van der Waals surface area (Å²) in [5.41, 5.74) is 18.1. The van der Waals surface area contributed by atoms with E-state index in [1.165, 1.54) is 12.1 Å². The average Bonchev–Trinajstić information content (AvgIpc) is 2.99. The maximum atomic E-state index is 13.9. The molecule has 0 spiro atoms. The first kappa shape index (κ1) is 35.9. The second-order valence-electron chi connectivity index (χ2n) is 11.1. The van der Waals surface area contributed by atoms with Crippen molar-refractivity contribution in [2.75, 3.05) is 26.7 Å². The molecule has 1 aliphatic heterocycles. The van der Waals surface area contributed by atoms with Crippen LogP contribution in [0.25, 0.3) is 0 Å². The number of nitrogens with zero attached hydrogens (tertiary/aromatic N) is 1. The number of methoxy groups -OCH3 is 1. The Bertz CT molecular complexity index is 1020. The van der Waals surface area contributed by atoms with Gasteiger partial charge in [-0.25, -0.2) is 4.79 Å². The third-order valence-corrected chi connectivity index (χ3v) is 7.84. The number of rotatable bonds is 19. The van der Waals surface area contributed by atoms with E-state index in [9.17, 15) is 29.4 Å². The molecule has 1 aliphatic rings. The number of nitrogens with two attached hydrogens (primary N) is 3. The zero-order valence-corrected chi connectivity index (χ0v) is 25.2. The van der Waals surface area contributed by atoms with Crippen molar-refractivity contribution in [3.8, 4) is 5.75 Å². The van der Waals surface area contributed by atoms with Gasteiger partial charge in [0.25, 0.3) is 0 Å². The standard InChI is InChI=1S/C30H50N6O7/c1-43-26-9-6-18-36(25(26)14-15-27(38)34-24(30(41)42)8-3-5-17-32)29(40)23(7-2-4-16-31)35-28(39)22(33)19-20-10-12-21(37)13-11-20/h10-13,22-26,37H,2-9,14-19,31-33H2,1H3,(H,34,38)(H,35,39)(H,41,42)/t22-,23-,24-,25+,26+/m0/s1. The Labute approximate surface area is 253 Å². The molecule has 0 saturated carbocycles. The number of aliphatic carboxylic acids is 1. The smallest absolute Gasteiger partial charge is 0.326 e. The number of carbonyl (C=O) groups is 4. The van der Waals surface area contributed by atoms with Crippen molar-refractivity contribution in [3.63, 3.8) is 0 Å². The minimum Gasteiger partial charge on any atom is -0.508 e. The lowest BCUT2D eigenvalue weighted by Crippen LogP contribution is -2.59. The molecule has 13 nitrogen and oxygen atoms in total. The van der Waals surface area contributed by atoms with Gasteiger partial charge in [0.1, 0.15) is 17.8 Å². The number of likely N-dealkylation sites (tertiary alicyclic amines) is 1. The summed E-state index contributed by atoms with van der Waals surface area (Å²) in [5.74, 6) is -2.15. The Balaban J connectivity index is 2.12. The topological polar surface area (TPSA) is 223 Å². The summed E-state index contributed by atoms with van der Waals surface area (Å²) in [6, 6.07) is 3.23. The van der Waals surface area contributed by atoms with E-state index in [1.807, 2.05) is 0 Å². The van der Waals surface area contributed by atoms with Crippen molar-refractivity contribution in [1.82, 2.24) is 15.5 Å². The summed E-state index contributed by atoms with van der Waals surface area (Å²) < 4.78 is 5.70. The number of aromatic hydroxyl groups is 1.